The molecule has 7 heteroatoms. The van der Waals surface area contributed by atoms with E-state index in [0.717, 1.165) is 54.0 Å². The molecule has 1 saturated heterocycles. The number of carbonyl (C=O) groups excluding carboxylic acids is 1. The van der Waals surface area contributed by atoms with Crippen LogP contribution in [0, 0.1) is 13.8 Å². The van der Waals surface area contributed by atoms with Gasteiger partial charge in [0.25, 0.3) is 5.91 Å². The first-order chi connectivity index (χ1) is 15.9. The molecular weight excluding hydrogens is 414 g/mol. The average Bonchev–Trinajstić information content (AvgIpc) is 2.82. The summed E-state index contributed by atoms with van der Waals surface area (Å²) in [5.41, 5.74) is 5.22. The minimum atomic E-state index is -0.451. The van der Waals surface area contributed by atoms with Crippen LogP contribution in [-0.4, -0.2) is 48.2 Å². The van der Waals surface area contributed by atoms with Crippen molar-refractivity contribution >= 4 is 17.5 Å². The Morgan fingerprint density at radius 3 is 2.48 bits per heavy atom. The Balaban J connectivity index is 1.66. The standard InChI is InChI=1S/C26H29N5O2/c1-17-6-4-7-18(2)23(17)21-15-22-29-25(28-21)31(3)20-9-5-8-19(14-20)24(32)30-26(16-33-22)10-12-27-13-11-26/h4-9,14-15,27H,10-13,16H2,1-3H3,(H,30,32). The SMILES string of the molecule is Cc1cccc(C)c1-c1cc2nc(n1)N(C)c1cccc(c1)C(=O)NC1(CCNCC1)CO2. The number of aromatic nitrogens is 2. The van der Waals surface area contributed by atoms with Crippen LogP contribution < -0.4 is 20.3 Å². The lowest BCUT2D eigenvalue weighted by Crippen LogP contribution is -2.58. The maximum absolute atomic E-state index is 13.2. The van der Waals surface area contributed by atoms with E-state index in [1.165, 1.54) is 0 Å². The van der Waals surface area contributed by atoms with Gasteiger partial charge in [0.1, 0.15) is 6.61 Å². The van der Waals surface area contributed by atoms with Gasteiger partial charge in [-0.2, -0.15) is 4.98 Å². The quantitative estimate of drug-likeness (QED) is 0.596. The monoisotopic (exact) mass is 443 g/mol. The number of hydrogen-bond acceptors (Lipinski definition) is 6. The maximum atomic E-state index is 13.2. The first-order valence-electron chi connectivity index (χ1n) is 11.4. The van der Waals surface area contributed by atoms with Crippen molar-refractivity contribution in [1.82, 2.24) is 20.6 Å². The minimum absolute atomic E-state index is 0.0860. The molecule has 5 rings (SSSR count). The van der Waals surface area contributed by atoms with Crippen LogP contribution >= 0.6 is 0 Å². The van der Waals surface area contributed by atoms with Crippen LogP contribution in [0.5, 0.6) is 5.88 Å². The molecular formula is C26H29N5O2. The van der Waals surface area contributed by atoms with Crippen LogP contribution in [0.1, 0.15) is 34.3 Å². The number of benzene rings is 2. The minimum Gasteiger partial charge on any atom is -0.475 e. The topological polar surface area (TPSA) is 79.4 Å². The Kier molecular flexibility index (Phi) is 5.50. The zero-order chi connectivity index (χ0) is 23.0. The average molecular weight is 444 g/mol. The van der Waals surface area contributed by atoms with Gasteiger partial charge in [-0.25, -0.2) is 4.98 Å². The molecule has 0 aliphatic carbocycles. The molecule has 33 heavy (non-hydrogen) atoms. The van der Waals surface area contributed by atoms with Gasteiger partial charge in [0.2, 0.25) is 11.8 Å². The van der Waals surface area contributed by atoms with E-state index in [1.54, 1.807) is 0 Å². The van der Waals surface area contributed by atoms with Gasteiger partial charge in [-0.1, -0.05) is 24.3 Å². The summed E-state index contributed by atoms with van der Waals surface area (Å²) in [5.74, 6) is 0.952. The molecule has 0 radical (unpaired) electrons. The van der Waals surface area contributed by atoms with E-state index in [9.17, 15) is 4.79 Å². The lowest BCUT2D eigenvalue weighted by Gasteiger charge is -2.38. The van der Waals surface area contributed by atoms with E-state index < -0.39 is 5.54 Å². The van der Waals surface area contributed by atoms with Crippen LogP contribution in [0.25, 0.3) is 11.3 Å². The van der Waals surface area contributed by atoms with Crippen molar-refractivity contribution in [3.05, 3.63) is 65.2 Å². The summed E-state index contributed by atoms with van der Waals surface area (Å²) in [7, 11) is 1.91. The van der Waals surface area contributed by atoms with E-state index >= 15 is 0 Å². The fraction of sp³-hybridized carbons (Fsp3) is 0.346. The van der Waals surface area contributed by atoms with Gasteiger partial charge in [0, 0.05) is 29.9 Å². The fourth-order valence-corrected chi connectivity index (χ4v) is 4.69. The first kappa shape index (κ1) is 21.4. The third kappa shape index (κ3) is 4.16. The largest absolute Gasteiger partial charge is 0.475 e. The summed E-state index contributed by atoms with van der Waals surface area (Å²) in [5, 5.41) is 6.66. The highest BCUT2D eigenvalue weighted by Gasteiger charge is 2.35. The lowest BCUT2D eigenvalue weighted by atomic mass is 9.88. The molecule has 0 unspecified atom stereocenters. The molecule has 4 bridgehead atoms. The van der Waals surface area contributed by atoms with Gasteiger partial charge < -0.3 is 20.3 Å². The Morgan fingerprint density at radius 1 is 1.00 bits per heavy atom. The molecule has 1 spiro atoms. The Labute approximate surface area is 194 Å². The number of rotatable bonds is 1. The third-order valence-electron chi connectivity index (χ3n) is 6.66. The van der Waals surface area contributed by atoms with Crippen LogP contribution in [0.2, 0.25) is 0 Å². The van der Waals surface area contributed by atoms with Gasteiger partial charge in [-0.15, -0.1) is 0 Å². The summed E-state index contributed by atoms with van der Waals surface area (Å²) in [6, 6.07) is 15.7. The lowest BCUT2D eigenvalue weighted by molar-refractivity contribution is 0.0797. The van der Waals surface area contributed by atoms with Gasteiger partial charge >= 0.3 is 0 Å². The van der Waals surface area contributed by atoms with Crippen molar-refractivity contribution in [3.63, 3.8) is 0 Å². The highest BCUT2D eigenvalue weighted by Crippen LogP contribution is 2.32. The molecule has 170 valence electrons. The van der Waals surface area contributed by atoms with Crippen molar-refractivity contribution in [2.45, 2.75) is 32.2 Å². The molecule has 0 atom stereocenters. The number of nitrogens with zero attached hydrogens (tertiary/aromatic N) is 3. The molecule has 2 aromatic carbocycles. The van der Waals surface area contributed by atoms with Crippen LogP contribution in [-0.2, 0) is 0 Å². The highest BCUT2D eigenvalue weighted by atomic mass is 16.5. The molecule has 3 heterocycles. The second-order valence-electron chi connectivity index (χ2n) is 9.04. The summed E-state index contributed by atoms with van der Waals surface area (Å²) >= 11 is 0. The second kappa shape index (κ2) is 8.48. The fourth-order valence-electron chi connectivity index (χ4n) is 4.69. The zero-order valence-corrected chi connectivity index (χ0v) is 19.3. The number of nitrogens with one attached hydrogen (secondary N) is 2. The molecule has 0 saturated carbocycles. The molecule has 1 amide bonds. The number of fused-ring (bicyclic) bond motifs is 4. The molecule has 2 aliphatic heterocycles. The van der Waals surface area contributed by atoms with Gasteiger partial charge in [0.05, 0.1) is 11.2 Å². The first-order valence-corrected chi connectivity index (χ1v) is 11.4. The van der Waals surface area contributed by atoms with Crippen LogP contribution in [0.4, 0.5) is 11.6 Å². The molecule has 1 fully saturated rings. The number of amides is 1. The summed E-state index contributed by atoms with van der Waals surface area (Å²) in [6.45, 7) is 6.20. The number of carbonyl (C=O) groups is 1. The smallest absolute Gasteiger partial charge is 0.251 e. The van der Waals surface area contributed by atoms with Gasteiger partial charge in [-0.05, 0) is 69.1 Å². The van der Waals surface area contributed by atoms with Gasteiger partial charge in [0.15, 0.2) is 0 Å². The molecule has 2 N–H and O–H groups in total. The summed E-state index contributed by atoms with van der Waals surface area (Å²) in [4.78, 5) is 24.7. The maximum Gasteiger partial charge on any atom is 0.251 e. The number of piperidine rings is 1. The van der Waals surface area contributed by atoms with E-state index in [4.69, 9.17) is 14.7 Å². The van der Waals surface area contributed by atoms with E-state index in [-0.39, 0.29) is 5.91 Å². The normalized spacial score (nSPS) is 17.5. The van der Waals surface area contributed by atoms with E-state index in [0.29, 0.717) is 24.0 Å². The Hall–Kier alpha value is -3.45. The zero-order valence-electron chi connectivity index (χ0n) is 19.3. The van der Waals surface area contributed by atoms with Crippen molar-refractivity contribution in [2.75, 3.05) is 31.6 Å². The summed E-state index contributed by atoms with van der Waals surface area (Å²) in [6.07, 6.45) is 1.58. The van der Waals surface area contributed by atoms with E-state index in [2.05, 4.69) is 42.7 Å². The van der Waals surface area contributed by atoms with Crippen molar-refractivity contribution < 1.29 is 9.53 Å². The van der Waals surface area contributed by atoms with Crippen molar-refractivity contribution in [1.29, 1.82) is 0 Å². The van der Waals surface area contributed by atoms with E-state index in [1.807, 2.05) is 42.3 Å². The predicted octanol–water partition coefficient (Wildman–Crippen LogP) is 3.77. The highest BCUT2D eigenvalue weighted by molar-refractivity contribution is 5.95. The number of aryl methyl sites for hydroxylation is 2. The molecule has 3 aromatic rings. The third-order valence-corrected chi connectivity index (χ3v) is 6.66. The number of anilines is 2. The molecule has 2 aliphatic rings. The number of hydrogen-bond donors (Lipinski definition) is 2. The number of ether oxygens (including phenoxy) is 1. The summed E-state index contributed by atoms with van der Waals surface area (Å²) < 4.78 is 6.30. The molecule has 1 aromatic heterocycles. The Morgan fingerprint density at radius 2 is 1.73 bits per heavy atom. The van der Waals surface area contributed by atoms with Crippen molar-refractivity contribution in [3.8, 4) is 17.1 Å². The predicted molar refractivity (Wildman–Crippen MR) is 129 cm³/mol. The second-order valence-corrected chi connectivity index (χ2v) is 9.04. The Bertz CT molecular complexity index is 1180. The molecule has 7 nitrogen and oxygen atoms in total. The van der Waals surface area contributed by atoms with Gasteiger partial charge in [-0.3, -0.25) is 4.79 Å². The van der Waals surface area contributed by atoms with Crippen LogP contribution in [0.3, 0.4) is 0 Å². The van der Waals surface area contributed by atoms with Crippen molar-refractivity contribution in [2.24, 2.45) is 0 Å². The van der Waals surface area contributed by atoms with Crippen LogP contribution in [0.15, 0.2) is 48.5 Å².